The third-order valence-corrected chi connectivity index (χ3v) is 4.43. The molecule has 1 amide bonds. The van der Waals surface area contributed by atoms with Gasteiger partial charge in [-0.15, -0.1) is 0 Å². The molecule has 0 saturated carbocycles. The summed E-state index contributed by atoms with van der Waals surface area (Å²) in [5.41, 5.74) is 2.21. The van der Waals surface area contributed by atoms with E-state index in [1.165, 1.54) is 0 Å². The molecule has 26 heavy (non-hydrogen) atoms. The largest absolute Gasteiger partial charge is 0.490 e. The predicted octanol–water partition coefficient (Wildman–Crippen LogP) is 4.32. The van der Waals surface area contributed by atoms with Gasteiger partial charge in [-0.05, 0) is 49.4 Å². The number of benzene rings is 2. The lowest BCUT2D eigenvalue weighted by Gasteiger charge is -2.19. The van der Waals surface area contributed by atoms with E-state index < -0.39 is 0 Å². The van der Waals surface area contributed by atoms with Gasteiger partial charge in [0.25, 0.3) is 0 Å². The van der Waals surface area contributed by atoms with E-state index in [0.29, 0.717) is 19.7 Å². The van der Waals surface area contributed by atoms with Gasteiger partial charge in [0.1, 0.15) is 12.4 Å². The van der Waals surface area contributed by atoms with Crippen LogP contribution in [0.1, 0.15) is 24.1 Å². The second-order valence-corrected chi connectivity index (χ2v) is 7.17. The number of nitrogens with zero attached hydrogens (tertiary/aromatic N) is 1. The Balaban J connectivity index is 1.80. The first-order chi connectivity index (χ1) is 12.5. The molecule has 0 aliphatic carbocycles. The molecule has 0 fully saturated rings. The van der Waals surface area contributed by atoms with Crippen LogP contribution in [0, 0.1) is 0 Å². The van der Waals surface area contributed by atoms with Crippen LogP contribution in [0.2, 0.25) is 0 Å². The molecular formula is C21H25BrN2O2. The van der Waals surface area contributed by atoms with E-state index in [1.807, 2.05) is 67.4 Å². The number of carbonyl (C=O) groups is 1. The van der Waals surface area contributed by atoms with Crippen molar-refractivity contribution in [3.05, 3.63) is 76.8 Å². The Bertz CT molecular complexity index is 714. The van der Waals surface area contributed by atoms with Crippen LogP contribution in [0.3, 0.4) is 0 Å². The second-order valence-electron chi connectivity index (χ2n) is 6.26. The first kappa shape index (κ1) is 20.2. The minimum Gasteiger partial charge on any atom is -0.490 e. The molecular weight excluding hydrogens is 392 g/mol. The molecule has 0 unspecified atom stereocenters. The lowest BCUT2D eigenvalue weighted by atomic mass is 10.1. The maximum Gasteiger partial charge on any atom is 0.234 e. The smallest absolute Gasteiger partial charge is 0.234 e. The van der Waals surface area contributed by atoms with Crippen molar-refractivity contribution in [3.8, 4) is 5.75 Å². The van der Waals surface area contributed by atoms with Crippen molar-refractivity contribution < 1.29 is 9.53 Å². The number of halogens is 1. The maximum atomic E-state index is 12.3. The zero-order valence-corrected chi connectivity index (χ0v) is 16.8. The van der Waals surface area contributed by atoms with Gasteiger partial charge in [0, 0.05) is 11.0 Å². The summed E-state index contributed by atoms with van der Waals surface area (Å²) in [6, 6.07) is 15.8. The van der Waals surface area contributed by atoms with E-state index in [2.05, 4.69) is 27.8 Å². The maximum absolute atomic E-state index is 12.3. The highest BCUT2D eigenvalue weighted by Gasteiger charge is 2.12. The van der Waals surface area contributed by atoms with Crippen LogP contribution in [-0.4, -0.2) is 31.0 Å². The number of hydrogen-bond acceptors (Lipinski definition) is 3. The zero-order chi connectivity index (χ0) is 18.9. The second kappa shape index (κ2) is 10.1. The first-order valence-corrected chi connectivity index (χ1v) is 9.33. The Morgan fingerprint density at radius 2 is 1.88 bits per heavy atom. The van der Waals surface area contributed by atoms with Crippen LogP contribution in [0.15, 0.2) is 65.7 Å². The fraction of sp³-hybridized carbons (Fsp3) is 0.286. The number of hydrogen-bond donors (Lipinski definition) is 1. The highest BCUT2D eigenvalue weighted by Crippen LogP contribution is 2.17. The third kappa shape index (κ3) is 6.65. The van der Waals surface area contributed by atoms with E-state index in [9.17, 15) is 4.79 Å². The van der Waals surface area contributed by atoms with E-state index >= 15 is 0 Å². The van der Waals surface area contributed by atoms with E-state index in [4.69, 9.17) is 4.74 Å². The topological polar surface area (TPSA) is 41.6 Å². The summed E-state index contributed by atoms with van der Waals surface area (Å²) in [6.45, 7) is 7.16. The standard InChI is InChI=1S/C21H25BrN2O2/c1-4-13-26-20-11-5-17(6-12-20)14-24(3)15-21(25)23-16(2)18-7-9-19(22)10-8-18/h4-12,16H,1,13-15H2,2-3H3,(H,23,25)/t16-/m1/s1. The van der Waals surface area contributed by atoms with Gasteiger partial charge < -0.3 is 10.1 Å². The van der Waals surface area contributed by atoms with Crippen molar-refractivity contribution in [1.29, 1.82) is 0 Å². The molecule has 0 bridgehead atoms. The van der Waals surface area contributed by atoms with E-state index in [0.717, 1.165) is 21.3 Å². The van der Waals surface area contributed by atoms with Crippen LogP contribution in [-0.2, 0) is 11.3 Å². The molecule has 0 spiro atoms. The van der Waals surface area contributed by atoms with Crippen LogP contribution in [0.4, 0.5) is 0 Å². The molecule has 138 valence electrons. The van der Waals surface area contributed by atoms with E-state index in [1.54, 1.807) is 6.08 Å². The van der Waals surface area contributed by atoms with Crippen LogP contribution < -0.4 is 10.1 Å². The Labute approximate surface area is 164 Å². The summed E-state index contributed by atoms with van der Waals surface area (Å²) >= 11 is 3.42. The van der Waals surface area contributed by atoms with Gasteiger partial charge in [-0.25, -0.2) is 0 Å². The lowest BCUT2D eigenvalue weighted by molar-refractivity contribution is -0.122. The first-order valence-electron chi connectivity index (χ1n) is 8.54. The molecule has 4 nitrogen and oxygen atoms in total. The summed E-state index contributed by atoms with van der Waals surface area (Å²) in [5.74, 6) is 0.825. The molecule has 0 aliphatic heterocycles. The fourth-order valence-electron chi connectivity index (χ4n) is 2.58. The van der Waals surface area contributed by atoms with Gasteiger partial charge in [0.2, 0.25) is 5.91 Å². The van der Waals surface area contributed by atoms with Gasteiger partial charge in [-0.1, -0.05) is 52.9 Å². The van der Waals surface area contributed by atoms with Crippen molar-refractivity contribution >= 4 is 21.8 Å². The Kier molecular flexibility index (Phi) is 7.88. The average molecular weight is 417 g/mol. The highest BCUT2D eigenvalue weighted by atomic mass is 79.9. The average Bonchev–Trinajstić information content (AvgIpc) is 2.61. The highest BCUT2D eigenvalue weighted by molar-refractivity contribution is 9.10. The number of rotatable bonds is 9. The minimum absolute atomic E-state index is 0.00820. The van der Waals surface area contributed by atoms with Crippen LogP contribution in [0.25, 0.3) is 0 Å². The van der Waals surface area contributed by atoms with Crippen molar-refractivity contribution in [2.24, 2.45) is 0 Å². The molecule has 2 rings (SSSR count). The normalized spacial score (nSPS) is 11.8. The monoisotopic (exact) mass is 416 g/mol. The SMILES string of the molecule is C=CCOc1ccc(CN(C)CC(=O)N[C@H](C)c2ccc(Br)cc2)cc1. The van der Waals surface area contributed by atoms with E-state index in [-0.39, 0.29) is 11.9 Å². The molecule has 2 aromatic rings. The molecule has 0 aliphatic rings. The van der Waals surface area contributed by atoms with Crippen LogP contribution >= 0.6 is 15.9 Å². The Hall–Kier alpha value is -2.11. The molecule has 0 heterocycles. The lowest BCUT2D eigenvalue weighted by Crippen LogP contribution is -2.36. The molecule has 0 saturated heterocycles. The van der Waals surface area contributed by atoms with Gasteiger partial charge in [0.05, 0.1) is 12.6 Å². The summed E-state index contributed by atoms with van der Waals surface area (Å²) < 4.78 is 6.50. The number of likely N-dealkylation sites (N-methyl/N-ethyl adjacent to an activating group) is 1. The summed E-state index contributed by atoms with van der Waals surface area (Å²) in [4.78, 5) is 14.3. The quantitative estimate of drug-likeness (QED) is 0.618. The van der Waals surface area contributed by atoms with Gasteiger partial charge >= 0.3 is 0 Å². The van der Waals surface area contributed by atoms with Crippen LogP contribution in [0.5, 0.6) is 5.75 Å². The molecule has 1 N–H and O–H groups in total. The zero-order valence-electron chi connectivity index (χ0n) is 15.2. The number of ether oxygens (including phenoxy) is 1. The number of nitrogens with one attached hydrogen (secondary N) is 1. The van der Waals surface area contributed by atoms with Crippen molar-refractivity contribution in [3.63, 3.8) is 0 Å². The van der Waals surface area contributed by atoms with Crippen molar-refractivity contribution in [2.75, 3.05) is 20.2 Å². The number of carbonyl (C=O) groups excluding carboxylic acids is 1. The third-order valence-electron chi connectivity index (χ3n) is 3.90. The molecule has 0 radical (unpaired) electrons. The van der Waals surface area contributed by atoms with Gasteiger partial charge in [0.15, 0.2) is 0 Å². The minimum atomic E-state index is -0.0229. The molecule has 5 heteroatoms. The summed E-state index contributed by atoms with van der Waals surface area (Å²) in [5, 5.41) is 3.04. The Morgan fingerprint density at radius 3 is 2.50 bits per heavy atom. The van der Waals surface area contributed by atoms with Crippen molar-refractivity contribution in [1.82, 2.24) is 10.2 Å². The summed E-state index contributed by atoms with van der Waals surface area (Å²) in [6.07, 6.45) is 1.72. The fourth-order valence-corrected chi connectivity index (χ4v) is 2.85. The molecule has 1 atom stereocenters. The summed E-state index contributed by atoms with van der Waals surface area (Å²) in [7, 11) is 1.94. The van der Waals surface area contributed by atoms with Gasteiger partial charge in [-0.3, -0.25) is 9.69 Å². The number of amides is 1. The Morgan fingerprint density at radius 1 is 1.23 bits per heavy atom. The molecule has 2 aromatic carbocycles. The van der Waals surface area contributed by atoms with Crippen molar-refractivity contribution in [2.45, 2.75) is 19.5 Å². The molecule has 0 aromatic heterocycles. The van der Waals surface area contributed by atoms with Gasteiger partial charge in [-0.2, -0.15) is 0 Å². The predicted molar refractivity (Wildman–Crippen MR) is 109 cm³/mol.